The van der Waals surface area contributed by atoms with Gasteiger partial charge in [-0.3, -0.25) is 0 Å². The molecule has 1 fully saturated rings. The molecule has 20 heavy (non-hydrogen) atoms. The molecule has 1 aliphatic rings. The summed E-state index contributed by atoms with van der Waals surface area (Å²) in [6.07, 6.45) is 1.92. The maximum atomic E-state index is 12.5. The summed E-state index contributed by atoms with van der Waals surface area (Å²) in [6, 6.07) is 1.17. The number of hydrogen-bond donors (Lipinski definition) is 1. The Bertz CT molecular complexity index is 454. The molecule has 2 rings (SSSR count). The van der Waals surface area contributed by atoms with Gasteiger partial charge in [-0.25, -0.2) is 4.98 Å². The lowest BCUT2D eigenvalue weighted by Crippen LogP contribution is -2.26. The lowest BCUT2D eigenvalue weighted by atomic mass is 9.84. The molecule has 6 heteroatoms. The first-order chi connectivity index (χ1) is 9.40. The number of anilines is 1. The molecule has 0 saturated heterocycles. The molecule has 0 spiro atoms. The summed E-state index contributed by atoms with van der Waals surface area (Å²) in [6.45, 7) is 2.19. The standard InChI is InChI=1S/C14H18ClF3N2/c1-2-9-3-5-11(6-4-9)20-13-12(15)7-10(8-19-13)14(16,17)18/h7-9,11H,2-6H2,1H3,(H,19,20). The molecule has 2 nitrogen and oxygen atoms in total. The number of halogens is 4. The summed E-state index contributed by atoms with van der Waals surface area (Å²) < 4.78 is 37.6. The third-order valence-electron chi connectivity index (χ3n) is 3.93. The van der Waals surface area contributed by atoms with Crippen molar-refractivity contribution in [3.8, 4) is 0 Å². The Labute approximate surface area is 121 Å². The minimum absolute atomic E-state index is 0.0254. The normalized spacial score (nSPS) is 23.6. The van der Waals surface area contributed by atoms with Crippen LogP contribution in [0.3, 0.4) is 0 Å². The van der Waals surface area contributed by atoms with E-state index < -0.39 is 11.7 Å². The second kappa shape index (κ2) is 6.20. The summed E-state index contributed by atoms with van der Waals surface area (Å²) in [5.74, 6) is 1.11. The predicted molar refractivity (Wildman–Crippen MR) is 73.9 cm³/mol. The van der Waals surface area contributed by atoms with E-state index in [2.05, 4.69) is 17.2 Å². The predicted octanol–water partition coefficient (Wildman–Crippen LogP) is 5.13. The van der Waals surface area contributed by atoms with Gasteiger partial charge in [-0.2, -0.15) is 13.2 Å². The molecule has 0 amide bonds. The number of nitrogens with zero attached hydrogens (tertiary/aromatic N) is 1. The van der Waals surface area contributed by atoms with Gasteiger partial charge >= 0.3 is 6.18 Å². The van der Waals surface area contributed by atoms with Crippen molar-refractivity contribution in [1.82, 2.24) is 4.98 Å². The van der Waals surface area contributed by atoms with E-state index in [1.54, 1.807) is 0 Å². The van der Waals surface area contributed by atoms with E-state index in [1.165, 1.54) is 6.42 Å². The van der Waals surface area contributed by atoms with Crippen LogP contribution in [0.1, 0.15) is 44.6 Å². The van der Waals surface area contributed by atoms with Crippen molar-refractivity contribution in [2.75, 3.05) is 5.32 Å². The summed E-state index contributed by atoms with van der Waals surface area (Å²) >= 11 is 5.89. The van der Waals surface area contributed by atoms with Crippen LogP contribution in [0.25, 0.3) is 0 Å². The molecular weight excluding hydrogens is 289 g/mol. The number of aromatic nitrogens is 1. The highest BCUT2D eigenvalue weighted by atomic mass is 35.5. The molecule has 0 aromatic carbocycles. The molecule has 0 radical (unpaired) electrons. The van der Waals surface area contributed by atoms with Crippen molar-refractivity contribution < 1.29 is 13.2 Å². The second-order valence-corrected chi connectivity index (χ2v) is 5.73. The summed E-state index contributed by atoms with van der Waals surface area (Å²) in [4.78, 5) is 3.81. The van der Waals surface area contributed by atoms with Gasteiger partial charge in [-0.1, -0.05) is 24.9 Å². The fourth-order valence-corrected chi connectivity index (χ4v) is 2.83. The molecule has 1 heterocycles. The highest BCUT2D eigenvalue weighted by Gasteiger charge is 2.31. The number of rotatable bonds is 3. The number of hydrogen-bond acceptors (Lipinski definition) is 2. The Kier molecular flexibility index (Phi) is 4.78. The highest BCUT2D eigenvalue weighted by molar-refractivity contribution is 6.33. The average Bonchev–Trinajstić information content (AvgIpc) is 2.41. The zero-order valence-corrected chi connectivity index (χ0v) is 12.1. The monoisotopic (exact) mass is 306 g/mol. The van der Waals surface area contributed by atoms with Gasteiger partial charge in [0, 0.05) is 12.2 Å². The van der Waals surface area contributed by atoms with Gasteiger partial charge < -0.3 is 5.32 Å². The summed E-state index contributed by atoms with van der Waals surface area (Å²) in [5, 5.41) is 3.19. The Morgan fingerprint density at radius 1 is 1.30 bits per heavy atom. The van der Waals surface area contributed by atoms with Crippen LogP contribution in [0.4, 0.5) is 19.0 Å². The Morgan fingerprint density at radius 2 is 1.95 bits per heavy atom. The molecular formula is C14H18ClF3N2. The van der Waals surface area contributed by atoms with Gasteiger partial charge in [-0.15, -0.1) is 0 Å². The van der Waals surface area contributed by atoms with Crippen molar-refractivity contribution in [3.63, 3.8) is 0 Å². The quantitative estimate of drug-likeness (QED) is 0.837. The van der Waals surface area contributed by atoms with Gasteiger partial charge in [-0.05, 0) is 37.7 Å². The van der Waals surface area contributed by atoms with Crippen LogP contribution in [0.2, 0.25) is 5.02 Å². The maximum Gasteiger partial charge on any atom is 0.417 e. The largest absolute Gasteiger partial charge is 0.417 e. The van der Waals surface area contributed by atoms with Crippen molar-refractivity contribution >= 4 is 17.4 Å². The molecule has 1 aromatic rings. The third-order valence-corrected chi connectivity index (χ3v) is 4.22. The van der Waals surface area contributed by atoms with Crippen LogP contribution in [0.15, 0.2) is 12.3 Å². The Balaban J connectivity index is 2.00. The minimum atomic E-state index is -4.41. The van der Waals surface area contributed by atoms with Crippen LogP contribution >= 0.6 is 11.6 Å². The third kappa shape index (κ3) is 3.78. The van der Waals surface area contributed by atoms with Crippen LogP contribution in [0.5, 0.6) is 0 Å². The number of alkyl halides is 3. The van der Waals surface area contributed by atoms with Crippen molar-refractivity contribution in [2.45, 2.75) is 51.2 Å². The van der Waals surface area contributed by atoms with Gasteiger partial charge in [0.2, 0.25) is 0 Å². The van der Waals surface area contributed by atoms with Gasteiger partial charge in [0.15, 0.2) is 0 Å². The van der Waals surface area contributed by atoms with E-state index >= 15 is 0 Å². The van der Waals surface area contributed by atoms with Crippen molar-refractivity contribution in [1.29, 1.82) is 0 Å². The van der Waals surface area contributed by atoms with E-state index in [1.807, 2.05) is 0 Å². The molecule has 1 aliphatic carbocycles. The topological polar surface area (TPSA) is 24.9 Å². The molecule has 1 aromatic heterocycles. The van der Waals surface area contributed by atoms with E-state index in [0.29, 0.717) is 5.82 Å². The smallest absolute Gasteiger partial charge is 0.366 e. The average molecular weight is 307 g/mol. The molecule has 112 valence electrons. The first kappa shape index (κ1) is 15.4. The van der Waals surface area contributed by atoms with Crippen molar-refractivity contribution in [3.05, 3.63) is 22.8 Å². The van der Waals surface area contributed by atoms with Crippen LogP contribution in [0, 0.1) is 5.92 Å². The zero-order chi connectivity index (χ0) is 14.8. The van der Waals surface area contributed by atoms with E-state index in [4.69, 9.17) is 11.6 Å². The minimum Gasteiger partial charge on any atom is -0.366 e. The fraction of sp³-hybridized carbons (Fsp3) is 0.643. The SMILES string of the molecule is CCC1CCC(Nc2ncc(C(F)(F)F)cc2Cl)CC1. The molecule has 0 aliphatic heterocycles. The van der Waals surface area contributed by atoms with E-state index in [9.17, 15) is 13.2 Å². The fourth-order valence-electron chi connectivity index (χ4n) is 2.61. The van der Waals surface area contributed by atoms with Gasteiger partial charge in [0.05, 0.1) is 10.6 Å². The lowest BCUT2D eigenvalue weighted by molar-refractivity contribution is -0.137. The number of nitrogens with one attached hydrogen (secondary N) is 1. The number of pyridine rings is 1. The second-order valence-electron chi connectivity index (χ2n) is 5.32. The Morgan fingerprint density at radius 3 is 2.45 bits per heavy atom. The molecule has 1 N–H and O–H groups in total. The van der Waals surface area contributed by atoms with E-state index in [0.717, 1.165) is 43.9 Å². The first-order valence-electron chi connectivity index (χ1n) is 6.89. The Hall–Kier alpha value is -0.970. The first-order valence-corrected chi connectivity index (χ1v) is 7.27. The maximum absolute atomic E-state index is 12.5. The molecule has 0 atom stereocenters. The van der Waals surface area contributed by atoms with Crippen molar-refractivity contribution in [2.24, 2.45) is 5.92 Å². The molecule has 0 bridgehead atoms. The van der Waals surface area contributed by atoms with Crippen LogP contribution < -0.4 is 5.32 Å². The van der Waals surface area contributed by atoms with E-state index in [-0.39, 0.29) is 11.1 Å². The van der Waals surface area contributed by atoms with Crippen LogP contribution in [-0.2, 0) is 6.18 Å². The van der Waals surface area contributed by atoms with Crippen LogP contribution in [-0.4, -0.2) is 11.0 Å². The molecule has 1 saturated carbocycles. The lowest BCUT2D eigenvalue weighted by Gasteiger charge is -2.29. The summed E-state index contributed by atoms with van der Waals surface area (Å²) in [7, 11) is 0. The van der Waals surface area contributed by atoms with Gasteiger partial charge in [0.25, 0.3) is 0 Å². The zero-order valence-electron chi connectivity index (χ0n) is 11.3. The molecule has 0 unspecified atom stereocenters. The highest BCUT2D eigenvalue weighted by Crippen LogP contribution is 2.34. The van der Waals surface area contributed by atoms with Gasteiger partial charge in [0.1, 0.15) is 5.82 Å². The summed E-state index contributed by atoms with van der Waals surface area (Å²) in [5.41, 5.74) is -0.817.